The molecule has 210 valence electrons. The van der Waals surface area contributed by atoms with Gasteiger partial charge in [0.25, 0.3) is 0 Å². The van der Waals surface area contributed by atoms with Crippen LogP contribution in [-0.4, -0.2) is 59.2 Å². The number of pyridine rings is 1. The van der Waals surface area contributed by atoms with Crippen LogP contribution in [0.4, 0.5) is 20.4 Å². The zero-order valence-electron chi connectivity index (χ0n) is 22.6. The first-order valence-corrected chi connectivity index (χ1v) is 13.3. The fraction of sp³-hybridized carbons (Fsp3) is 0.414. The van der Waals surface area contributed by atoms with Crippen LogP contribution in [0.3, 0.4) is 0 Å². The van der Waals surface area contributed by atoms with E-state index in [0.29, 0.717) is 22.9 Å². The Morgan fingerprint density at radius 2 is 1.88 bits per heavy atom. The Kier molecular flexibility index (Phi) is 6.99. The Bertz CT molecular complexity index is 1500. The summed E-state index contributed by atoms with van der Waals surface area (Å²) in [5, 5.41) is 7.90. The highest BCUT2D eigenvalue weighted by Crippen LogP contribution is 2.40. The van der Waals surface area contributed by atoms with E-state index in [1.165, 1.54) is 23.8 Å². The van der Waals surface area contributed by atoms with Crippen LogP contribution in [0.2, 0.25) is 0 Å². The van der Waals surface area contributed by atoms with Crippen molar-refractivity contribution in [1.82, 2.24) is 19.6 Å². The zero-order chi connectivity index (χ0) is 28.0. The number of ether oxygens (including phenoxy) is 3. The van der Waals surface area contributed by atoms with Crippen LogP contribution in [0.5, 0.6) is 0 Å². The molecule has 1 saturated heterocycles. The first-order valence-electron chi connectivity index (χ1n) is 13.3. The third-order valence-electron chi connectivity index (χ3n) is 8.28. The molecule has 1 aliphatic heterocycles. The summed E-state index contributed by atoms with van der Waals surface area (Å²) in [7, 11) is 3.21. The summed E-state index contributed by atoms with van der Waals surface area (Å²) in [5.41, 5.74) is 8.42. The SMILES string of the molecule is CO[C@@H]1[C@H](N)C[C@H](c2ccncc2Nc2ncc3ccc(-c4c(F)cc(C5(OC)COC5)cc4F)nn23)C[C@@H]1C. The van der Waals surface area contributed by atoms with Gasteiger partial charge >= 0.3 is 0 Å². The molecule has 40 heavy (non-hydrogen) atoms. The maximum absolute atomic E-state index is 15.3. The van der Waals surface area contributed by atoms with E-state index in [-0.39, 0.29) is 42.5 Å². The third kappa shape index (κ3) is 4.52. The summed E-state index contributed by atoms with van der Waals surface area (Å²) in [5.74, 6) is -0.563. The lowest BCUT2D eigenvalue weighted by atomic mass is 9.74. The molecule has 0 bridgehead atoms. The van der Waals surface area contributed by atoms with Crippen molar-refractivity contribution in [1.29, 1.82) is 0 Å². The number of fused-ring (bicyclic) bond motifs is 1. The minimum absolute atomic E-state index is 0.0188. The normalized spacial score (nSPS) is 24.1. The van der Waals surface area contributed by atoms with Crippen LogP contribution in [0.25, 0.3) is 16.8 Å². The number of rotatable bonds is 7. The number of methoxy groups -OCH3 is 2. The van der Waals surface area contributed by atoms with Gasteiger partial charge in [0, 0.05) is 26.5 Å². The van der Waals surface area contributed by atoms with Crippen molar-refractivity contribution >= 4 is 17.2 Å². The quantitative estimate of drug-likeness (QED) is 0.345. The van der Waals surface area contributed by atoms with Gasteiger partial charge in [0.15, 0.2) is 0 Å². The molecule has 1 aromatic carbocycles. The van der Waals surface area contributed by atoms with Gasteiger partial charge in [-0.2, -0.15) is 9.61 Å². The number of hydrogen-bond acceptors (Lipinski definition) is 8. The molecule has 3 aromatic heterocycles. The van der Waals surface area contributed by atoms with Gasteiger partial charge in [-0.15, -0.1) is 0 Å². The van der Waals surface area contributed by atoms with E-state index in [1.807, 2.05) is 6.07 Å². The van der Waals surface area contributed by atoms with Crippen LogP contribution in [0, 0.1) is 17.6 Å². The number of hydrogen-bond donors (Lipinski definition) is 2. The third-order valence-corrected chi connectivity index (χ3v) is 8.28. The zero-order valence-corrected chi connectivity index (χ0v) is 22.6. The molecule has 4 aromatic rings. The first-order chi connectivity index (χ1) is 19.3. The van der Waals surface area contributed by atoms with E-state index in [1.54, 1.807) is 37.8 Å². The molecule has 4 heterocycles. The lowest BCUT2D eigenvalue weighted by molar-refractivity contribution is -0.202. The second-order valence-corrected chi connectivity index (χ2v) is 10.7. The Hall–Kier alpha value is -3.51. The van der Waals surface area contributed by atoms with Crippen molar-refractivity contribution in [3.05, 3.63) is 71.7 Å². The minimum Gasteiger partial charge on any atom is -0.380 e. The lowest BCUT2D eigenvalue weighted by Gasteiger charge is -2.40. The van der Waals surface area contributed by atoms with E-state index in [0.717, 1.165) is 24.1 Å². The van der Waals surface area contributed by atoms with Crippen LogP contribution in [0.1, 0.15) is 36.8 Å². The van der Waals surface area contributed by atoms with Gasteiger partial charge in [-0.3, -0.25) is 4.98 Å². The highest BCUT2D eigenvalue weighted by Gasteiger charge is 2.42. The van der Waals surface area contributed by atoms with E-state index in [9.17, 15) is 0 Å². The molecule has 6 rings (SSSR count). The largest absolute Gasteiger partial charge is 0.380 e. The Balaban J connectivity index is 1.32. The van der Waals surface area contributed by atoms with Gasteiger partial charge in [0.2, 0.25) is 5.95 Å². The number of anilines is 2. The number of aromatic nitrogens is 4. The molecule has 0 radical (unpaired) electrons. The molecule has 4 atom stereocenters. The van der Waals surface area contributed by atoms with Crippen LogP contribution >= 0.6 is 0 Å². The second-order valence-electron chi connectivity index (χ2n) is 10.7. The van der Waals surface area contributed by atoms with Gasteiger partial charge in [-0.25, -0.2) is 13.8 Å². The summed E-state index contributed by atoms with van der Waals surface area (Å²) < 4.78 is 48.5. The molecule has 9 nitrogen and oxygen atoms in total. The van der Waals surface area contributed by atoms with Crippen molar-refractivity contribution in [2.45, 2.75) is 43.4 Å². The van der Waals surface area contributed by atoms with Crippen molar-refractivity contribution in [3.63, 3.8) is 0 Å². The summed E-state index contributed by atoms with van der Waals surface area (Å²) in [6, 6.07) is 7.78. The standard InChI is InChI=1S/C29H32F2N6O3/c1-16-8-17(9-23(32)27(16)38-2)20-6-7-33-13-25(20)35-28-34-12-19-4-5-24(36-37(19)28)26-21(30)10-18(11-22(26)31)29(39-3)14-40-15-29/h4-7,10-13,16-17,23,27H,8-9,14-15,32H2,1-3H3,(H,34,35)/t16-,17+,23+,27-/m0/s1. The molecule has 1 saturated carbocycles. The van der Waals surface area contributed by atoms with E-state index in [4.69, 9.17) is 19.9 Å². The van der Waals surface area contributed by atoms with Gasteiger partial charge in [-0.1, -0.05) is 6.92 Å². The smallest absolute Gasteiger partial charge is 0.229 e. The topological polar surface area (TPSA) is 109 Å². The fourth-order valence-corrected chi connectivity index (χ4v) is 6.08. The molecule has 0 amide bonds. The second kappa shape index (κ2) is 10.5. The van der Waals surface area contributed by atoms with E-state index < -0.39 is 17.2 Å². The molecule has 2 aliphatic rings. The number of nitrogens with zero attached hydrogens (tertiary/aromatic N) is 4. The molecular formula is C29H32F2N6O3. The number of imidazole rings is 1. The molecule has 3 N–H and O–H groups in total. The predicted octanol–water partition coefficient (Wildman–Crippen LogP) is 4.54. The summed E-state index contributed by atoms with van der Waals surface area (Å²) in [6.45, 7) is 2.64. The number of halogens is 2. The molecule has 1 aliphatic carbocycles. The summed E-state index contributed by atoms with van der Waals surface area (Å²) in [4.78, 5) is 8.80. The summed E-state index contributed by atoms with van der Waals surface area (Å²) in [6.07, 6.45) is 6.86. The van der Waals surface area contributed by atoms with Crippen molar-refractivity contribution < 1.29 is 23.0 Å². The van der Waals surface area contributed by atoms with E-state index in [2.05, 4.69) is 27.3 Å². The Morgan fingerprint density at radius 3 is 2.52 bits per heavy atom. The van der Waals surface area contributed by atoms with Gasteiger partial charge < -0.3 is 25.3 Å². The lowest BCUT2D eigenvalue weighted by Crippen LogP contribution is -2.48. The maximum atomic E-state index is 15.3. The van der Waals surface area contributed by atoms with Crippen LogP contribution < -0.4 is 11.1 Å². The molecular weight excluding hydrogens is 518 g/mol. The highest BCUT2D eigenvalue weighted by molar-refractivity contribution is 5.66. The molecule has 11 heteroatoms. The molecule has 0 spiro atoms. The van der Waals surface area contributed by atoms with Crippen LogP contribution in [0.15, 0.2) is 48.9 Å². The minimum atomic E-state index is -0.842. The Labute approximate surface area is 230 Å². The molecule has 0 unspecified atom stereocenters. The number of nitrogens with one attached hydrogen (secondary N) is 1. The van der Waals surface area contributed by atoms with Crippen molar-refractivity contribution in [3.8, 4) is 11.3 Å². The maximum Gasteiger partial charge on any atom is 0.229 e. The van der Waals surface area contributed by atoms with E-state index >= 15 is 8.78 Å². The van der Waals surface area contributed by atoms with Crippen molar-refractivity contribution in [2.75, 3.05) is 32.8 Å². The monoisotopic (exact) mass is 550 g/mol. The Morgan fingerprint density at radius 1 is 1.10 bits per heavy atom. The summed E-state index contributed by atoms with van der Waals surface area (Å²) >= 11 is 0. The highest BCUT2D eigenvalue weighted by atomic mass is 19.1. The fourth-order valence-electron chi connectivity index (χ4n) is 6.08. The average Bonchev–Trinajstić information content (AvgIpc) is 3.30. The van der Waals surface area contributed by atoms with Gasteiger partial charge in [-0.05, 0) is 66.1 Å². The van der Waals surface area contributed by atoms with Gasteiger partial charge in [0.1, 0.15) is 17.2 Å². The first kappa shape index (κ1) is 26.7. The van der Waals surface area contributed by atoms with Gasteiger partial charge in [0.05, 0.1) is 54.2 Å². The average molecular weight is 551 g/mol. The molecule has 2 fully saturated rings. The van der Waals surface area contributed by atoms with Crippen molar-refractivity contribution in [2.24, 2.45) is 11.7 Å². The number of benzene rings is 1. The number of nitrogens with two attached hydrogens (primary N) is 1. The van der Waals surface area contributed by atoms with Crippen LogP contribution in [-0.2, 0) is 19.8 Å². The predicted molar refractivity (Wildman–Crippen MR) is 145 cm³/mol.